The van der Waals surface area contributed by atoms with Crippen LogP contribution in [0.2, 0.25) is 0 Å². The Morgan fingerprint density at radius 2 is 1.85 bits per heavy atom. The number of rotatable bonds is 5. The summed E-state index contributed by atoms with van der Waals surface area (Å²) in [6.07, 6.45) is 0. The van der Waals surface area contributed by atoms with Gasteiger partial charge in [0.05, 0.1) is 6.61 Å². The van der Waals surface area contributed by atoms with Crippen molar-refractivity contribution in [1.82, 2.24) is 4.98 Å². The van der Waals surface area contributed by atoms with Gasteiger partial charge in [-0.05, 0) is 42.7 Å². The Morgan fingerprint density at radius 1 is 1.15 bits per heavy atom. The summed E-state index contributed by atoms with van der Waals surface area (Å²) in [6.45, 7) is 7.22. The van der Waals surface area contributed by atoms with Gasteiger partial charge >= 0.3 is 0 Å². The first-order valence-electron chi connectivity index (χ1n) is 7.10. The molecule has 1 heterocycles. The van der Waals surface area contributed by atoms with E-state index in [-0.39, 0.29) is 6.61 Å². The Hall–Kier alpha value is -1.87. The Morgan fingerprint density at radius 3 is 2.40 bits per heavy atom. The number of hydrogen-bond acceptors (Lipinski definition) is 3. The summed E-state index contributed by atoms with van der Waals surface area (Å²) in [5, 5.41) is 9.45. The molecule has 0 saturated heterocycles. The number of para-hydroxylation sites is 1. The summed E-state index contributed by atoms with van der Waals surface area (Å²) in [5.41, 5.74) is 3.04. The van der Waals surface area contributed by atoms with Crippen LogP contribution in [0, 0.1) is 0 Å². The van der Waals surface area contributed by atoms with Gasteiger partial charge in [-0.1, -0.05) is 32.0 Å². The monoisotopic (exact) mass is 270 g/mol. The van der Waals surface area contributed by atoms with Crippen molar-refractivity contribution in [3.05, 3.63) is 53.7 Å². The molecule has 0 aliphatic rings. The largest absolute Gasteiger partial charge is 0.392 e. The smallest absolute Gasteiger partial charge is 0.133 e. The van der Waals surface area contributed by atoms with Crippen molar-refractivity contribution >= 4 is 11.5 Å². The van der Waals surface area contributed by atoms with E-state index >= 15 is 0 Å². The van der Waals surface area contributed by atoms with E-state index < -0.39 is 0 Å². The molecule has 1 aromatic heterocycles. The summed E-state index contributed by atoms with van der Waals surface area (Å²) in [4.78, 5) is 6.90. The van der Waals surface area contributed by atoms with Crippen molar-refractivity contribution in [2.75, 3.05) is 11.4 Å². The van der Waals surface area contributed by atoms with Crippen LogP contribution in [0.4, 0.5) is 11.5 Å². The van der Waals surface area contributed by atoms with Crippen molar-refractivity contribution in [2.24, 2.45) is 0 Å². The molecule has 106 valence electrons. The van der Waals surface area contributed by atoms with Crippen LogP contribution in [0.1, 0.15) is 37.9 Å². The zero-order valence-corrected chi connectivity index (χ0v) is 12.4. The van der Waals surface area contributed by atoms with Crippen molar-refractivity contribution in [2.45, 2.75) is 33.3 Å². The van der Waals surface area contributed by atoms with Gasteiger partial charge in [-0.2, -0.15) is 0 Å². The van der Waals surface area contributed by atoms with Crippen molar-refractivity contribution in [1.29, 1.82) is 0 Å². The summed E-state index contributed by atoms with van der Waals surface area (Å²) in [5.74, 6) is 1.24. The molecule has 0 aliphatic carbocycles. The maximum Gasteiger partial charge on any atom is 0.133 e. The Kier molecular flexibility index (Phi) is 4.74. The minimum atomic E-state index is 0.0432. The lowest BCUT2D eigenvalue weighted by Crippen LogP contribution is -2.18. The average molecular weight is 270 g/mol. The fourth-order valence-electron chi connectivity index (χ4n) is 2.20. The van der Waals surface area contributed by atoms with Gasteiger partial charge in [-0.25, -0.2) is 4.98 Å². The minimum Gasteiger partial charge on any atom is -0.392 e. The summed E-state index contributed by atoms with van der Waals surface area (Å²) in [7, 11) is 0. The van der Waals surface area contributed by atoms with Gasteiger partial charge in [0.1, 0.15) is 5.82 Å². The first-order valence-corrected chi connectivity index (χ1v) is 7.10. The minimum absolute atomic E-state index is 0.0432. The number of aliphatic hydroxyl groups is 1. The predicted octanol–water partition coefficient (Wildman–Crippen LogP) is 3.86. The summed E-state index contributed by atoms with van der Waals surface area (Å²) in [6, 6.07) is 14.1. The molecule has 0 atom stereocenters. The molecule has 20 heavy (non-hydrogen) atoms. The van der Waals surface area contributed by atoms with Crippen molar-refractivity contribution < 1.29 is 5.11 Å². The predicted molar refractivity (Wildman–Crippen MR) is 83.4 cm³/mol. The van der Waals surface area contributed by atoms with E-state index in [9.17, 15) is 5.11 Å². The highest BCUT2D eigenvalue weighted by Crippen LogP contribution is 2.26. The molecule has 2 aromatic rings. The maximum absolute atomic E-state index is 9.45. The fraction of sp³-hybridized carbons (Fsp3) is 0.353. The maximum atomic E-state index is 9.45. The molecule has 2 rings (SSSR count). The highest BCUT2D eigenvalue weighted by atomic mass is 16.3. The quantitative estimate of drug-likeness (QED) is 0.896. The van der Waals surface area contributed by atoms with E-state index in [1.165, 1.54) is 0 Å². The molecule has 0 spiro atoms. The van der Waals surface area contributed by atoms with Crippen LogP contribution in [0.3, 0.4) is 0 Å². The molecule has 0 unspecified atom stereocenters. The second-order valence-electron chi connectivity index (χ2n) is 5.15. The van der Waals surface area contributed by atoms with E-state index in [0.29, 0.717) is 5.92 Å². The third-order valence-electron chi connectivity index (χ3n) is 3.33. The van der Waals surface area contributed by atoms with E-state index in [1.807, 2.05) is 30.3 Å². The topological polar surface area (TPSA) is 36.4 Å². The molecule has 0 fully saturated rings. The Bertz CT molecular complexity index is 552. The SMILES string of the molecule is CCN(c1ccccc1)c1cc(CO)cc(C(C)C)n1. The van der Waals surface area contributed by atoms with E-state index in [4.69, 9.17) is 4.98 Å². The molecule has 0 saturated carbocycles. The van der Waals surface area contributed by atoms with Crippen LogP contribution in [-0.4, -0.2) is 16.6 Å². The van der Waals surface area contributed by atoms with Crippen LogP contribution < -0.4 is 4.90 Å². The van der Waals surface area contributed by atoms with Gasteiger partial charge in [0, 0.05) is 17.9 Å². The highest BCUT2D eigenvalue weighted by Gasteiger charge is 2.12. The summed E-state index contributed by atoms with van der Waals surface area (Å²) < 4.78 is 0. The molecular weight excluding hydrogens is 248 g/mol. The molecule has 3 nitrogen and oxygen atoms in total. The van der Waals surface area contributed by atoms with Gasteiger partial charge in [-0.3, -0.25) is 0 Å². The van der Waals surface area contributed by atoms with Gasteiger partial charge in [0.15, 0.2) is 0 Å². The van der Waals surface area contributed by atoms with Gasteiger partial charge in [-0.15, -0.1) is 0 Å². The first kappa shape index (κ1) is 14.5. The van der Waals surface area contributed by atoms with E-state index in [1.54, 1.807) is 0 Å². The van der Waals surface area contributed by atoms with Crippen molar-refractivity contribution in [3.63, 3.8) is 0 Å². The molecule has 3 heteroatoms. The lowest BCUT2D eigenvalue weighted by molar-refractivity contribution is 0.281. The number of aliphatic hydroxyl groups excluding tert-OH is 1. The van der Waals surface area contributed by atoms with Crippen molar-refractivity contribution in [3.8, 4) is 0 Å². The number of anilines is 2. The van der Waals surface area contributed by atoms with Crippen LogP contribution in [0.25, 0.3) is 0 Å². The van der Waals surface area contributed by atoms with Gasteiger partial charge in [0.2, 0.25) is 0 Å². The number of aromatic nitrogens is 1. The molecule has 0 bridgehead atoms. The standard InChI is InChI=1S/C17H22N2O/c1-4-19(15-8-6-5-7-9-15)17-11-14(12-20)10-16(18-17)13(2)3/h5-11,13,20H,4,12H2,1-3H3. The van der Waals surface area contributed by atoms with Gasteiger partial charge in [0.25, 0.3) is 0 Å². The zero-order chi connectivity index (χ0) is 14.5. The molecule has 0 aliphatic heterocycles. The van der Waals surface area contributed by atoms with Gasteiger partial charge < -0.3 is 10.0 Å². The molecule has 0 radical (unpaired) electrons. The number of nitrogens with zero attached hydrogens (tertiary/aromatic N) is 2. The van der Waals surface area contributed by atoms with Crippen LogP contribution in [-0.2, 0) is 6.61 Å². The Labute approximate surface area is 120 Å². The van der Waals surface area contributed by atoms with E-state index in [2.05, 4.69) is 37.8 Å². The molecule has 1 N–H and O–H groups in total. The Balaban J connectivity index is 2.46. The number of hydrogen-bond donors (Lipinski definition) is 1. The third kappa shape index (κ3) is 3.17. The molecule has 1 aromatic carbocycles. The van der Waals surface area contributed by atoms with Crippen LogP contribution in [0.15, 0.2) is 42.5 Å². The summed E-state index contributed by atoms with van der Waals surface area (Å²) >= 11 is 0. The fourth-order valence-corrected chi connectivity index (χ4v) is 2.20. The van der Waals surface area contributed by atoms with E-state index in [0.717, 1.165) is 29.3 Å². The number of pyridine rings is 1. The van der Waals surface area contributed by atoms with Crippen LogP contribution >= 0.6 is 0 Å². The highest BCUT2D eigenvalue weighted by molar-refractivity contribution is 5.60. The third-order valence-corrected chi connectivity index (χ3v) is 3.33. The second-order valence-corrected chi connectivity index (χ2v) is 5.15. The zero-order valence-electron chi connectivity index (χ0n) is 12.4. The number of benzene rings is 1. The first-order chi connectivity index (χ1) is 9.65. The molecule has 0 amide bonds. The average Bonchev–Trinajstić information content (AvgIpc) is 2.48. The normalized spacial score (nSPS) is 10.8. The lowest BCUT2D eigenvalue weighted by atomic mass is 10.1. The lowest BCUT2D eigenvalue weighted by Gasteiger charge is -2.24. The molecular formula is C17H22N2O. The second kappa shape index (κ2) is 6.53. The van der Waals surface area contributed by atoms with Crippen LogP contribution in [0.5, 0.6) is 0 Å².